The third-order valence-electron chi connectivity index (χ3n) is 11.4. The summed E-state index contributed by atoms with van der Waals surface area (Å²) in [5.74, 6) is -0.830. The molecule has 8 nitrogen and oxygen atoms in total. The minimum Gasteiger partial charge on any atom is -0.504 e. The number of amides is 2. The number of fused-ring (bicyclic) bond motifs is 2. The van der Waals surface area contributed by atoms with Crippen LogP contribution in [0.5, 0.6) is 11.5 Å². The van der Waals surface area contributed by atoms with Crippen molar-refractivity contribution < 1.29 is 29.3 Å². The van der Waals surface area contributed by atoms with Gasteiger partial charge in [-0.15, -0.1) is 0 Å². The van der Waals surface area contributed by atoms with Crippen molar-refractivity contribution in [2.45, 2.75) is 116 Å². The van der Waals surface area contributed by atoms with Gasteiger partial charge in [0, 0.05) is 12.0 Å². The van der Waals surface area contributed by atoms with Crippen LogP contribution in [-0.2, 0) is 25.5 Å². The van der Waals surface area contributed by atoms with Crippen LogP contribution < -0.4 is 5.32 Å². The summed E-state index contributed by atoms with van der Waals surface area (Å²) < 4.78 is 6.29. The Kier molecular flexibility index (Phi) is 7.60. The Labute approximate surface area is 237 Å². The van der Waals surface area contributed by atoms with Crippen LogP contribution in [0.1, 0.15) is 97.5 Å². The zero-order valence-electron chi connectivity index (χ0n) is 24.5. The lowest BCUT2D eigenvalue weighted by atomic mass is 9.70. The molecule has 5 atom stereocenters. The van der Waals surface area contributed by atoms with Crippen molar-refractivity contribution in [2.75, 3.05) is 6.54 Å². The van der Waals surface area contributed by atoms with E-state index in [1.165, 1.54) is 18.6 Å². The van der Waals surface area contributed by atoms with E-state index in [-0.39, 0.29) is 58.6 Å². The maximum absolute atomic E-state index is 14.2. The second-order valence-corrected chi connectivity index (χ2v) is 13.8. The van der Waals surface area contributed by atoms with Gasteiger partial charge in [0.05, 0.1) is 6.42 Å². The van der Waals surface area contributed by atoms with Gasteiger partial charge in [0.15, 0.2) is 11.5 Å². The van der Waals surface area contributed by atoms with E-state index in [0.717, 1.165) is 44.9 Å². The Morgan fingerprint density at radius 1 is 1.00 bits per heavy atom. The lowest BCUT2D eigenvalue weighted by molar-refractivity contribution is -0.172. The Morgan fingerprint density at radius 3 is 2.35 bits per heavy atom. The Morgan fingerprint density at radius 2 is 1.73 bits per heavy atom. The van der Waals surface area contributed by atoms with Crippen molar-refractivity contribution >= 4 is 17.8 Å². The minimum atomic E-state index is -1.06. The predicted octanol–water partition coefficient (Wildman–Crippen LogP) is 4.84. The molecule has 0 spiro atoms. The molecule has 8 heteroatoms. The SMILES string of the molecule is CC1(C)C2CCC1(C)C(OC(=O)[C@@]1(C)CCCN1C(=O)C(NC(=O)Cc1ccc(O)c(O)c1)C1CCCCC1)C2. The number of ether oxygens (including phenoxy) is 1. The topological polar surface area (TPSA) is 116 Å². The third-order valence-corrected chi connectivity index (χ3v) is 11.4. The smallest absolute Gasteiger partial charge is 0.332 e. The summed E-state index contributed by atoms with van der Waals surface area (Å²) in [4.78, 5) is 42.9. The second kappa shape index (κ2) is 10.6. The van der Waals surface area contributed by atoms with Crippen molar-refractivity contribution in [3.63, 3.8) is 0 Å². The number of carbonyl (C=O) groups excluding carboxylic acids is 3. The van der Waals surface area contributed by atoms with Crippen LogP contribution in [0.4, 0.5) is 0 Å². The van der Waals surface area contributed by atoms with Crippen molar-refractivity contribution in [3.8, 4) is 11.5 Å². The average Bonchev–Trinajstić information content (AvgIpc) is 3.48. The van der Waals surface area contributed by atoms with Gasteiger partial charge in [-0.3, -0.25) is 9.59 Å². The number of aromatic hydroxyl groups is 2. The van der Waals surface area contributed by atoms with Crippen LogP contribution in [0, 0.1) is 22.7 Å². The van der Waals surface area contributed by atoms with Crippen LogP contribution in [-0.4, -0.2) is 57.1 Å². The van der Waals surface area contributed by atoms with Crippen LogP contribution in [0.15, 0.2) is 18.2 Å². The molecule has 4 aliphatic rings. The standard InChI is InChI=1S/C32H46N2O6/c1-30(2)22-13-15-31(30,3)25(19-22)40-29(39)32(4)14-8-16-34(32)28(38)27(21-9-6-5-7-10-21)33-26(37)18-20-11-12-23(35)24(36)17-20/h11-12,17,21-22,25,27,35-36H,5-10,13-16,18-19H2,1-4H3,(H,33,37)/t22?,25?,27?,31?,32-/m1/s1. The van der Waals surface area contributed by atoms with Gasteiger partial charge in [0.1, 0.15) is 17.7 Å². The van der Waals surface area contributed by atoms with E-state index in [9.17, 15) is 24.6 Å². The maximum atomic E-state index is 14.2. The zero-order chi connectivity index (χ0) is 28.9. The van der Waals surface area contributed by atoms with Gasteiger partial charge in [0.2, 0.25) is 11.8 Å². The van der Waals surface area contributed by atoms with Crippen molar-refractivity contribution in [3.05, 3.63) is 23.8 Å². The number of hydrogen-bond donors (Lipinski definition) is 3. The molecule has 1 aliphatic heterocycles. The van der Waals surface area contributed by atoms with Crippen molar-refractivity contribution in [2.24, 2.45) is 22.7 Å². The zero-order valence-corrected chi connectivity index (χ0v) is 24.5. The van der Waals surface area contributed by atoms with Gasteiger partial charge in [-0.2, -0.15) is 0 Å². The van der Waals surface area contributed by atoms with E-state index in [4.69, 9.17) is 4.74 Å². The summed E-state index contributed by atoms with van der Waals surface area (Å²) in [6, 6.07) is 3.57. The molecule has 1 saturated heterocycles. The summed E-state index contributed by atoms with van der Waals surface area (Å²) >= 11 is 0. The Bertz CT molecular complexity index is 1160. The van der Waals surface area contributed by atoms with E-state index in [1.807, 2.05) is 6.92 Å². The van der Waals surface area contributed by atoms with Crippen LogP contribution in [0.2, 0.25) is 0 Å². The quantitative estimate of drug-likeness (QED) is 0.328. The molecular weight excluding hydrogens is 508 g/mol. The summed E-state index contributed by atoms with van der Waals surface area (Å²) in [6.07, 6.45) is 9.03. The van der Waals surface area contributed by atoms with Crippen LogP contribution in [0.25, 0.3) is 0 Å². The Hall–Kier alpha value is -2.77. The molecule has 5 rings (SSSR count). The highest BCUT2D eigenvalue weighted by atomic mass is 16.5. The number of phenolic OH excluding ortho intramolecular Hbond substituents is 2. The highest BCUT2D eigenvalue weighted by Crippen LogP contribution is 2.66. The molecule has 4 fully saturated rings. The first-order chi connectivity index (χ1) is 18.9. The van der Waals surface area contributed by atoms with E-state index in [2.05, 4.69) is 26.1 Å². The van der Waals surface area contributed by atoms with Gasteiger partial charge in [-0.05, 0) is 86.8 Å². The van der Waals surface area contributed by atoms with Gasteiger partial charge in [-0.25, -0.2) is 4.79 Å². The summed E-state index contributed by atoms with van der Waals surface area (Å²) in [5, 5.41) is 22.4. The first kappa shape index (κ1) is 28.7. The molecule has 3 saturated carbocycles. The number of likely N-dealkylation sites (tertiary alicyclic amines) is 1. The largest absolute Gasteiger partial charge is 0.504 e. The fourth-order valence-electron chi connectivity index (χ4n) is 8.20. The molecule has 1 aromatic rings. The van der Waals surface area contributed by atoms with Gasteiger partial charge >= 0.3 is 5.97 Å². The summed E-state index contributed by atoms with van der Waals surface area (Å²) in [5.41, 5.74) is -0.452. The molecule has 1 heterocycles. The number of benzene rings is 1. The molecule has 3 N–H and O–H groups in total. The first-order valence-corrected chi connectivity index (χ1v) is 15.2. The average molecular weight is 555 g/mol. The minimum absolute atomic E-state index is 0.00423. The van der Waals surface area contributed by atoms with Gasteiger partial charge in [-0.1, -0.05) is 46.1 Å². The molecule has 40 heavy (non-hydrogen) atoms. The number of hydrogen-bond acceptors (Lipinski definition) is 6. The molecule has 0 aromatic heterocycles. The number of rotatable bonds is 7. The number of carbonyl (C=O) groups is 3. The first-order valence-electron chi connectivity index (χ1n) is 15.2. The van der Waals surface area contributed by atoms with E-state index in [0.29, 0.717) is 30.9 Å². The van der Waals surface area contributed by atoms with Crippen LogP contribution >= 0.6 is 0 Å². The highest BCUT2D eigenvalue weighted by Gasteiger charge is 2.63. The maximum Gasteiger partial charge on any atom is 0.332 e. The predicted molar refractivity (Wildman–Crippen MR) is 150 cm³/mol. The van der Waals surface area contributed by atoms with Crippen LogP contribution in [0.3, 0.4) is 0 Å². The van der Waals surface area contributed by atoms with Gasteiger partial charge < -0.3 is 25.2 Å². The monoisotopic (exact) mass is 554 g/mol. The number of phenols is 2. The van der Waals surface area contributed by atoms with E-state index in [1.54, 1.807) is 11.0 Å². The third kappa shape index (κ3) is 4.85. The molecule has 0 radical (unpaired) electrons. The number of nitrogens with zero attached hydrogens (tertiary/aromatic N) is 1. The lowest BCUT2D eigenvalue weighted by Gasteiger charge is -2.42. The number of esters is 1. The second-order valence-electron chi connectivity index (χ2n) is 13.8. The molecular formula is C32H46N2O6. The van der Waals surface area contributed by atoms with E-state index >= 15 is 0 Å². The molecule has 220 valence electrons. The van der Waals surface area contributed by atoms with Gasteiger partial charge in [0.25, 0.3) is 0 Å². The summed E-state index contributed by atoms with van der Waals surface area (Å²) in [7, 11) is 0. The highest BCUT2D eigenvalue weighted by molar-refractivity contribution is 5.93. The fourth-order valence-corrected chi connectivity index (χ4v) is 8.20. The van der Waals surface area contributed by atoms with E-state index < -0.39 is 11.6 Å². The normalized spacial score (nSPS) is 32.1. The molecule has 3 aliphatic carbocycles. The molecule has 4 unspecified atom stereocenters. The van der Waals surface area contributed by atoms with Crippen molar-refractivity contribution in [1.29, 1.82) is 0 Å². The number of nitrogens with one attached hydrogen (secondary N) is 1. The molecule has 2 amide bonds. The Balaban J connectivity index is 1.32. The van der Waals surface area contributed by atoms with Crippen molar-refractivity contribution in [1.82, 2.24) is 10.2 Å². The molecule has 1 aromatic carbocycles. The molecule has 2 bridgehead atoms. The fraction of sp³-hybridized carbons (Fsp3) is 0.719. The lowest BCUT2D eigenvalue weighted by Crippen LogP contribution is -2.60. The summed E-state index contributed by atoms with van der Waals surface area (Å²) in [6.45, 7) is 9.14.